The van der Waals surface area contributed by atoms with Crippen molar-refractivity contribution in [3.8, 4) is 11.5 Å². The lowest BCUT2D eigenvalue weighted by molar-refractivity contribution is 0.0952. The predicted octanol–water partition coefficient (Wildman–Crippen LogP) is 1.44. The number of fused-ring (bicyclic) bond motifs is 2. The van der Waals surface area contributed by atoms with Gasteiger partial charge in [-0.15, -0.1) is 0 Å². The summed E-state index contributed by atoms with van der Waals surface area (Å²) >= 11 is 0. The van der Waals surface area contributed by atoms with Crippen molar-refractivity contribution in [2.24, 2.45) is 0 Å². The molecule has 1 N–H and O–H groups in total. The van der Waals surface area contributed by atoms with Crippen LogP contribution in [-0.2, 0) is 5.54 Å². The molecule has 1 aromatic rings. The second-order valence-corrected chi connectivity index (χ2v) is 4.29. The maximum absolute atomic E-state index is 11.8. The van der Waals surface area contributed by atoms with Gasteiger partial charge in [0.2, 0.25) is 0 Å². The van der Waals surface area contributed by atoms with E-state index in [1.54, 1.807) is 20.3 Å². The molecule has 1 aliphatic heterocycles. The number of methoxy groups -OCH3 is 2. The average Bonchev–Trinajstić information content (AvgIpc) is 3.02. The zero-order valence-corrected chi connectivity index (χ0v) is 9.29. The van der Waals surface area contributed by atoms with Crippen LogP contribution in [0.5, 0.6) is 11.5 Å². The van der Waals surface area contributed by atoms with Crippen LogP contribution in [0, 0.1) is 0 Å². The van der Waals surface area contributed by atoms with Gasteiger partial charge in [0, 0.05) is 5.56 Å². The molecule has 0 unspecified atom stereocenters. The number of nitrogens with one attached hydrogen (secondary N) is 1. The van der Waals surface area contributed by atoms with E-state index in [4.69, 9.17) is 9.47 Å². The van der Waals surface area contributed by atoms with Gasteiger partial charge in [-0.25, -0.2) is 0 Å². The largest absolute Gasteiger partial charge is 0.493 e. The molecule has 1 amide bonds. The van der Waals surface area contributed by atoms with Crippen LogP contribution < -0.4 is 14.8 Å². The van der Waals surface area contributed by atoms with Crippen molar-refractivity contribution >= 4 is 5.91 Å². The molecule has 1 aromatic carbocycles. The molecule has 1 aliphatic carbocycles. The van der Waals surface area contributed by atoms with E-state index in [2.05, 4.69) is 5.32 Å². The highest BCUT2D eigenvalue weighted by Gasteiger charge is 2.52. The molecule has 1 heterocycles. The van der Waals surface area contributed by atoms with E-state index < -0.39 is 0 Å². The first-order valence-electron chi connectivity index (χ1n) is 5.29. The lowest BCUT2D eigenvalue weighted by Crippen LogP contribution is -2.25. The quantitative estimate of drug-likeness (QED) is 0.818. The number of amides is 1. The summed E-state index contributed by atoms with van der Waals surface area (Å²) in [5, 5.41) is 3.02. The fourth-order valence-corrected chi connectivity index (χ4v) is 2.33. The highest BCUT2D eigenvalue weighted by atomic mass is 16.5. The molecule has 4 nitrogen and oxygen atoms in total. The first-order valence-corrected chi connectivity index (χ1v) is 5.29. The Balaban J connectivity index is 2.19. The lowest BCUT2D eigenvalue weighted by atomic mass is 10.0. The van der Waals surface area contributed by atoms with Gasteiger partial charge in [-0.2, -0.15) is 0 Å². The van der Waals surface area contributed by atoms with Crippen molar-refractivity contribution in [1.82, 2.24) is 5.32 Å². The Morgan fingerprint density at radius 1 is 1.19 bits per heavy atom. The zero-order chi connectivity index (χ0) is 11.3. The van der Waals surface area contributed by atoms with Crippen LogP contribution >= 0.6 is 0 Å². The van der Waals surface area contributed by atoms with E-state index >= 15 is 0 Å². The molecule has 16 heavy (non-hydrogen) atoms. The van der Waals surface area contributed by atoms with Crippen molar-refractivity contribution in [2.75, 3.05) is 14.2 Å². The molecule has 0 atom stereocenters. The fraction of sp³-hybridized carbons (Fsp3) is 0.417. The van der Waals surface area contributed by atoms with Crippen LogP contribution in [0.15, 0.2) is 12.1 Å². The maximum atomic E-state index is 11.8. The molecule has 1 fully saturated rings. The Morgan fingerprint density at radius 2 is 1.81 bits per heavy atom. The molecular weight excluding hydrogens is 206 g/mol. The van der Waals surface area contributed by atoms with Gasteiger partial charge in [-0.3, -0.25) is 4.79 Å². The smallest absolute Gasteiger partial charge is 0.252 e. The highest BCUT2D eigenvalue weighted by Crippen LogP contribution is 2.52. The summed E-state index contributed by atoms with van der Waals surface area (Å²) in [6, 6.07) is 3.68. The van der Waals surface area contributed by atoms with E-state index in [1.807, 2.05) is 6.07 Å². The average molecular weight is 219 g/mol. The van der Waals surface area contributed by atoms with Gasteiger partial charge in [0.1, 0.15) is 0 Å². The van der Waals surface area contributed by atoms with Crippen LogP contribution in [0.3, 0.4) is 0 Å². The minimum Gasteiger partial charge on any atom is -0.493 e. The Hall–Kier alpha value is -1.71. The van der Waals surface area contributed by atoms with Crippen LogP contribution in [0.1, 0.15) is 28.8 Å². The Morgan fingerprint density at radius 3 is 2.38 bits per heavy atom. The third-order valence-electron chi connectivity index (χ3n) is 3.39. The number of rotatable bonds is 2. The molecule has 2 aliphatic rings. The summed E-state index contributed by atoms with van der Waals surface area (Å²) in [6.45, 7) is 0. The lowest BCUT2D eigenvalue weighted by Gasteiger charge is -2.11. The molecule has 84 valence electrons. The maximum Gasteiger partial charge on any atom is 0.252 e. The third kappa shape index (κ3) is 1.07. The van der Waals surface area contributed by atoms with Crippen molar-refractivity contribution < 1.29 is 14.3 Å². The van der Waals surface area contributed by atoms with E-state index in [1.165, 1.54) is 0 Å². The number of carbonyl (C=O) groups is 1. The van der Waals surface area contributed by atoms with Gasteiger partial charge in [-0.1, -0.05) is 0 Å². The molecule has 1 spiro atoms. The number of hydrogen-bond donors (Lipinski definition) is 1. The Kier molecular flexibility index (Phi) is 1.73. The SMILES string of the molecule is COc1cc2c(cc1OC)C1(CC1)NC2=O. The summed E-state index contributed by atoms with van der Waals surface area (Å²) in [7, 11) is 3.18. The second kappa shape index (κ2) is 2.90. The van der Waals surface area contributed by atoms with Gasteiger partial charge in [-0.05, 0) is 30.5 Å². The van der Waals surface area contributed by atoms with Crippen molar-refractivity contribution in [3.63, 3.8) is 0 Å². The van der Waals surface area contributed by atoms with Crippen LogP contribution in [-0.4, -0.2) is 20.1 Å². The molecule has 1 saturated carbocycles. The van der Waals surface area contributed by atoms with Gasteiger partial charge < -0.3 is 14.8 Å². The first-order chi connectivity index (χ1) is 7.70. The second-order valence-electron chi connectivity index (χ2n) is 4.29. The summed E-state index contributed by atoms with van der Waals surface area (Å²) in [5.41, 5.74) is 1.66. The topological polar surface area (TPSA) is 47.6 Å². The van der Waals surface area contributed by atoms with Gasteiger partial charge >= 0.3 is 0 Å². The molecule has 3 rings (SSSR count). The van der Waals surface area contributed by atoms with Crippen molar-refractivity contribution in [3.05, 3.63) is 23.3 Å². The number of ether oxygens (including phenoxy) is 2. The summed E-state index contributed by atoms with van der Waals surface area (Å²) < 4.78 is 10.4. The Labute approximate surface area is 93.5 Å². The van der Waals surface area contributed by atoms with E-state index in [-0.39, 0.29) is 11.4 Å². The van der Waals surface area contributed by atoms with Gasteiger partial charge in [0.15, 0.2) is 11.5 Å². The number of benzene rings is 1. The molecule has 0 radical (unpaired) electrons. The Bertz CT molecular complexity index is 477. The standard InChI is InChI=1S/C12H13NO3/c1-15-9-5-7-8(6-10(9)16-2)12(3-4-12)13-11(7)14/h5-6H,3-4H2,1-2H3,(H,13,14). The normalized spacial score (nSPS) is 19.2. The zero-order valence-electron chi connectivity index (χ0n) is 9.29. The monoisotopic (exact) mass is 219 g/mol. The fourth-order valence-electron chi connectivity index (χ4n) is 2.33. The molecule has 0 saturated heterocycles. The van der Waals surface area contributed by atoms with E-state index in [9.17, 15) is 4.79 Å². The highest BCUT2D eigenvalue weighted by molar-refractivity contribution is 6.01. The molecule has 0 aromatic heterocycles. The third-order valence-corrected chi connectivity index (χ3v) is 3.39. The van der Waals surface area contributed by atoms with E-state index in [0.29, 0.717) is 11.5 Å². The van der Waals surface area contributed by atoms with Crippen LogP contribution in [0.2, 0.25) is 0 Å². The molecule has 4 heteroatoms. The summed E-state index contributed by atoms with van der Waals surface area (Å²) in [4.78, 5) is 11.8. The molecule has 0 bridgehead atoms. The summed E-state index contributed by atoms with van der Waals surface area (Å²) in [5.74, 6) is 1.28. The number of carbonyl (C=O) groups excluding carboxylic acids is 1. The van der Waals surface area contributed by atoms with Crippen LogP contribution in [0.4, 0.5) is 0 Å². The first kappa shape index (κ1) is 9.51. The number of hydrogen-bond acceptors (Lipinski definition) is 3. The van der Waals surface area contributed by atoms with Crippen molar-refractivity contribution in [1.29, 1.82) is 0 Å². The van der Waals surface area contributed by atoms with Crippen molar-refractivity contribution in [2.45, 2.75) is 18.4 Å². The minimum absolute atomic E-state index is 0.00606. The van der Waals surface area contributed by atoms with Crippen LogP contribution in [0.25, 0.3) is 0 Å². The van der Waals surface area contributed by atoms with Gasteiger partial charge in [0.25, 0.3) is 5.91 Å². The summed E-state index contributed by atoms with van der Waals surface area (Å²) in [6.07, 6.45) is 2.03. The van der Waals surface area contributed by atoms with Gasteiger partial charge in [0.05, 0.1) is 19.8 Å². The minimum atomic E-state index is -0.105. The van der Waals surface area contributed by atoms with E-state index in [0.717, 1.165) is 24.0 Å². The predicted molar refractivity (Wildman–Crippen MR) is 57.9 cm³/mol. The molecular formula is C12H13NO3.